The monoisotopic (exact) mass is 560 g/mol. The van der Waals surface area contributed by atoms with Crippen molar-refractivity contribution in [3.8, 4) is 0 Å². The molecule has 0 radical (unpaired) electrons. The normalized spacial score (nSPS) is 14.5. The van der Waals surface area contributed by atoms with E-state index in [2.05, 4.69) is 9.88 Å². The van der Waals surface area contributed by atoms with Crippen LogP contribution in [-0.4, -0.2) is 86.8 Å². The van der Waals surface area contributed by atoms with Crippen molar-refractivity contribution in [1.82, 2.24) is 19.4 Å². The van der Waals surface area contributed by atoms with Crippen molar-refractivity contribution in [2.24, 2.45) is 0 Å². The van der Waals surface area contributed by atoms with E-state index in [1.807, 2.05) is 18.2 Å². The number of halogens is 1. The molecule has 204 valence electrons. The third-order valence-corrected chi connectivity index (χ3v) is 8.23. The Morgan fingerprint density at radius 2 is 1.87 bits per heavy atom. The van der Waals surface area contributed by atoms with Gasteiger partial charge in [0.1, 0.15) is 0 Å². The Bertz CT molecular complexity index is 1310. The lowest BCUT2D eigenvalue weighted by atomic mass is 10.2. The standard InChI is InChI=1S/C27H33ClN4O5S/c1-36-15-14-32-25(19-29-27(32)38(34,35)21-22-6-3-2-4-7-22)20-31(11-10-30-12-16-37-17-13-30)26(33)23-8-5-9-24(28)18-23/h2-9,18-19H,10-17,20-21H2,1H3. The molecule has 3 aromatic rings. The fraction of sp³-hybridized carbons (Fsp3) is 0.407. The van der Waals surface area contributed by atoms with E-state index in [9.17, 15) is 13.2 Å². The summed E-state index contributed by atoms with van der Waals surface area (Å²) in [5, 5.41) is 0.445. The molecule has 0 spiro atoms. The molecule has 38 heavy (non-hydrogen) atoms. The Morgan fingerprint density at radius 3 is 2.58 bits per heavy atom. The summed E-state index contributed by atoms with van der Waals surface area (Å²) >= 11 is 6.17. The van der Waals surface area contributed by atoms with Crippen molar-refractivity contribution >= 4 is 27.3 Å². The van der Waals surface area contributed by atoms with Crippen molar-refractivity contribution in [3.05, 3.63) is 82.6 Å². The van der Waals surface area contributed by atoms with Gasteiger partial charge in [0.15, 0.2) is 0 Å². The lowest BCUT2D eigenvalue weighted by molar-refractivity contribution is 0.0319. The molecule has 9 nitrogen and oxygen atoms in total. The Kier molecular flexibility index (Phi) is 9.92. The molecule has 0 aliphatic carbocycles. The number of amides is 1. The average molecular weight is 561 g/mol. The van der Waals surface area contributed by atoms with Gasteiger partial charge in [-0.1, -0.05) is 48.0 Å². The molecule has 0 N–H and O–H groups in total. The first-order chi connectivity index (χ1) is 18.4. The minimum absolute atomic E-state index is 0.0308. The maximum atomic E-state index is 13.6. The first-order valence-electron chi connectivity index (χ1n) is 12.5. The molecular weight excluding hydrogens is 528 g/mol. The van der Waals surface area contributed by atoms with E-state index in [0.29, 0.717) is 54.8 Å². The van der Waals surface area contributed by atoms with Crippen LogP contribution in [0.5, 0.6) is 0 Å². The second-order valence-corrected chi connectivity index (χ2v) is 11.4. The fourth-order valence-corrected chi connectivity index (χ4v) is 6.09. The highest BCUT2D eigenvalue weighted by Gasteiger charge is 2.26. The van der Waals surface area contributed by atoms with Gasteiger partial charge in [0.2, 0.25) is 15.0 Å². The van der Waals surface area contributed by atoms with E-state index in [1.54, 1.807) is 59.2 Å². The van der Waals surface area contributed by atoms with Crippen LogP contribution in [0.4, 0.5) is 0 Å². The summed E-state index contributed by atoms with van der Waals surface area (Å²) in [5.41, 5.74) is 1.77. The van der Waals surface area contributed by atoms with Crippen LogP contribution in [0, 0.1) is 0 Å². The molecule has 0 atom stereocenters. The summed E-state index contributed by atoms with van der Waals surface area (Å²) < 4.78 is 39.1. The van der Waals surface area contributed by atoms with E-state index in [1.165, 1.54) is 0 Å². The largest absolute Gasteiger partial charge is 0.383 e. The third kappa shape index (κ3) is 7.42. The molecule has 4 rings (SSSR count). The predicted molar refractivity (Wildman–Crippen MR) is 145 cm³/mol. The maximum Gasteiger partial charge on any atom is 0.254 e. The lowest BCUT2D eigenvalue weighted by Crippen LogP contribution is -2.43. The van der Waals surface area contributed by atoms with E-state index in [0.717, 1.165) is 13.1 Å². The second-order valence-electron chi connectivity index (χ2n) is 9.11. The number of hydrogen-bond acceptors (Lipinski definition) is 7. The summed E-state index contributed by atoms with van der Waals surface area (Å²) in [6.07, 6.45) is 1.54. The Balaban J connectivity index is 1.62. The van der Waals surface area contributed by atoms with Crippen LogP contribution in [0.2, 0.25) is 5.02 Å². The van der Waals surface area contributed by atoms with Crippen LogP contribution in [0.25, 0.3) is 0 Å². The molecule has 11 heteroatoms. The highest BCUT2D eigenvalue weighted by atomic mass is 35.5. The number of morpholine rings is 1. The van der Waals surface area contributed by atoms with E-state index >= 15 is 0 Å². The number of rotatable bonds is 12. The summed E-state index contributed by atoms with van der Waals surface area (Å²) in [6.45, 7) is 4.81. The number of benzene rings is 2. The number of aromatic nitrogens is 2. The van der Waals surface area contributed by atoms with Crippen molar-refractivity contribution in [2.75, 3.05) is 53.1 Å². The van der Waals surface area contributed by atoms with Crippen LogP contribution in [0.1, 0.15) is 21.6 Å². The number of nitrogens with zero attached hydrogens (tertiary/aromatic N) is 4. The summed E-state index contributed by atoms with van der Waals surface area (Å²) in [6, 6.07) is 15.8. The van der Waals surface area contributed by atoms with Gasteiger partial charge in [0, 0.05) is 50.4 Å². The van der Waals surface area contributed by atoms with Gasteiger partial charge in [-0.2, -0.15) is 0 Å². The molecule has 2 heterocycles. The maximum absolute atomic E-state index is 13.6. The summed E-state index contributed by atoms with van der Waals surface area (Å²) in [5.74, 6) is -0.353. The first-order valence-corrected chi connectivity index (χ1v) is 14.6. The van der Waals surface area contributed by atoms with Gasteiger partial charge in [-0.25, -0.2) is 13.4 Å². The zero-order valence-electron chi connectivity index (χ0n) is 21.5. The zero-order chi connectivity index (χ0) is 27.0. The van der Waals surface area contributed by atoms with Crippen LogP contribution >= 0.6 is 11.6 Å². The highest BCUT2D eigenvalue weighted by molar-refractivity contribution is 7.90. The molecular formula is C27H33ClN4O5S. The summed E-state index contributed by atoms with van der Waals surface area (Å²) in [4.78, 5) is 21.9. The number of ether oxygens (including phenoxy) is 2. The Morgan fingerprint density at radius 1 is 1.11 bits per heavy atom. The molecule has 0 unspecified atom stereocenters. The number of carbonyl (C=O) groups is 1. The molecule has 2 aromatic carbocycles. The third-order valence-electron chi connectivity index (χ3n) is 6.40. The fourth-order valence-electron chi connectivity index (χ4n) is 4.39. The molecule has 1 fully saturated rings. The Labute approximate surface area is 228 Å². The van der Waals surface area contributed by atoms with Crippen LogP contribution < -0.4 is 0 Å². The minimum Gasteiger partial charge on any atom is -0.383 e. The predicted octanol–water partition coefficient (Wildman–Crippen LogP) is 3.13. The molecule has 1 saturated heterocycles. The van der Waals surface area contributed by atoms with E-state index in [4.69, 9.17) is 21.1 Å². The molecule has 1 aromatic heterocycles. The van der Waals surface area contributed by atoms with E-state index < -0.39 is 9.84 Å². The van der Waals surface area contributed by atoms with Gasteiger partial charge in [-0.15, -0.1) is 0 Å². The number of imidazole rings is 1. The van der Waals surface area contributed by atoms with Crippen molar-refractivity contribution < 1.29 is 22.7 Å². The summed E-state index contributed by atoms with van der Waals surface area (Å²) in [7, 11) is -2.18. The molecule has 1 aliphatic heterocycles. The van der Waals surface area contributed by atoms with Gasteiger partial charge in [-0.3, -0.25) is 9.69 Å². The van der Waals surface area contributed by atoms with Crippen LogP contribution in [0.3, 0.4) is 0 Å². The van der Waals surface area contributed by atoms with Crippen molar-refractivity contribution in [1.29, 1.82) is 0 Å². The SMILES string of the molecule is COCCn1c(CN(CCN2CCOCC2)C(=O)c2cccc(Cl)c2)cnc1S(=O)(=O)Cc1ccccc1. The average Bonchev–Trinajstić information content (AvgIpc) is 3.33. The first kappa shape index (κ1) is 28.3. The van der Waals surface area contributed by atoms with Crippen LogP contribution in [0.15, 0.2) is 66.0 Å². The van der Waals surface area contributed by atoms with Gasteiger partial charge in [0.05, 0.1) is 44.0 Å². The molecule has 1 aliphatic rings. The van der Waals surface area contributed by atoms with E-state index in [-0.39, 0.29) is 29.9 Å². The second kappa shape index (κ2) is 13.3. The van der Waals surface area contributed by atoms with Gasteiger partial charge < -0.3 is 18.9 Å². The molecule has 1 amide bonds. The highest BCUT2D eigenvalue weighted by Crippen LogP contribution is 2.20. The lowest BCUT2D eigenvalue weighted by Gasteiger charge is -2.30. The molecule has 0 saturated carbocycles. The molecule has 0 bridgehead atoms. The van der Waals surface area contributed by atoms with Gasteiger partial charge in [0.25, 0.3) is 5.91 Å². The van der Waals surface area contributed by atoms with Gasteiger partial charge >= 0.3 is 0 Å². The number of sulfone groups is 1. The van der Waals surface area contributed by atoms with Crippen molar-refractivity contribution in [2.45, 2.75) is 24.0 Å². The van der Waals surface area contributed by atoms with Crippen molar-refractivity contribution in [3.63, 3.8) is 0 Å². The minimum atomic E-state index is -3.74. The smallest absolute Gasteiger partial charge is 0.254 e. The quantitative estimate of drug-likeness (QED) is 0.336. The Hall–Kier alpha value is -2.76. The van der Waals surface area contributed by atoms with Crippen LogP contribution in [-0.2, 0) is 38.2 Å². The number of methoxy groups -OCH3 is 1. The number of hydrogen-bond donors (Lipinski definition) is 0. The van der Waals surface area contributed by atoms with Gasteiger partial charge in [-0.05, 0) is 23.8 Å². The topological polar surface area (TPSA) is 94.0 Å². The zero-order valence-corrected chi connectivity index (χ0v) is 23.0. The number of carbonyl (C=O) groups excluding carboxylic acids is 1.